The Morgan fingerprint density at radius 1 is 1.13 bits per heavy atom. The van der Waals surface area contributed by atoms with Gasteiger partial charge in [-0.15, -0.1) is 24.0 Å². The molecule has 0 saturated carbocycles. The molecule has 2 N–H and O–H groups in total. The Kier molecular flexibility index (Phi) is 10.0. The Balaban J connectivity index is 0.00000341. The number of halogens is 2. The molecule has 2 aromatic carbocycles. The number of amides is 1. The summed E-state index contributed by atoms with van der Waals surface area (Å²) in [5.41, 5.74) is 2.48. The highest BCUT2D eigenvalue weighted by Crippen LogP contribution is 2.22. The third-order valence-electron chi connectivity index (χ3n) is 4.98. The first-order valence-electron chi connectivity index (χ1n) is 10.3. The predicted octanol–water partition coefficient (Wildman–Crippen LogP) is 3.70. The van der Waals surface area contributed by atoms with Gasteiger partial charge in [0.05, 0.1) is 6.54 Å². The van der Waals surface area contributed by atoms with E-state index in [9.17, 15) is 9.18 Å². The van der Waals surface area contributed by atoms with Crippen LogP contribution in [0.25, 0.3) is 0 Å². The van der Waals surface area contributed by atoms with Gasteiger partial charge in [-0.3, -0.25) is 9.79 Å². The van der Waals surface area contributed by atoms with E-state index in [1.54, 1.807) is 19.2 Å². The third-order valence-corrected chi connectivity index (χ3v) is 4.98. The molecule has 168 valence electrons. The SMILES string of the molecule is CN=C(NCCCC(=O)N1Cc2ccccc2C1)NCC(C)Oc1ccc(F)cc1.I. The standard InChI is InChI=1S/C23H29FN4O2.HI/c1-17(30-21-11-9-20(24)10-12-21)14-27-23(25-2)26-13-5-8-22(29)28-15-18-6-3-4-7-19(18)16-28;/h3-4,6-7,9-12,17H,5,8,13-16H2,1-2H3,(H2,25,26,27);1H. The van der Waals surface area contributed by atoms with Crippen molar-refractivity contribution in [1.82, 2.24) is 15.5 Å². The fraction of sp³-hybridized carbons (Fsp3) is 0.391. The monoisotopic (exact) mass is 540 g/mol. The minimum atomic E-state index is -0.287. The van der Waals surface area contributed by atoms with Crippen LogP contribution in [0, 0.1) is 5.82 Å². The molecule has 1 aliphatic rings. The average Bonchev–Trinajstić information content (AvgIpc) is 3.19. The van der Waals surface area contributed by atoms with E-state index in [2.05, 4.69) is 27.8 Å². The van der Waals surface area contributed by atoms with E-state index in [0.717, 1.165) is 6.42 Å². The molecule has 0 aromatic heterocycles. The molecule has 31 heavy (non-hydrogen) atoms. The van der Waals surface area contributed by atoms with Gasteiger partial charge in [0.1, 0.15) is 17.7 Å². The van der Waals surface area contributed by atoms with Crippen LogP contribution in [-0.2, 0) is 17.9 Å². The molecule has 1 heterocycles. The van der Waals surface area contributed by atoms with E-state index >= 15 is 0 Å². The number of carbonyl (C=O) groups is 1. The molecule has 2 aromatic rings. The summed E-state index contributed by atoms with van der Waals surface area (Å²) < 4.78 is 18.7. The number of hydrogen-bond acceptors (Lipinski definition) is 3. The molecule has 8 heteroatoms. The van der Waals surface area contributed by atoms with Gasteiger partial charge in [-0.1, -0.05) is 24.3 Å². The van der Waals surface area contributed by atoms with E-state index in [0.29, 0.717) is 44.3 Å². The molecule has 0 aliphatic carbocycles. The molecule has 1 amide bonds. The van der Waals surface area contributed by atoms with Crippen LogP contribution in [0.2, 0.25) is 0 Å². The maximum absolute atomic E-state index is 13.0. The van der Waals surface area contributed by atoms with Crippen molar-refractivity contribution in [3.05, 3.63) is 65.5 Å². The number of hydrogen-bond donors (Lipinski definition) is 2. The van der Waals surface area contributed by atoms with E-state index < -0.39 is 0 Å². The number of aliphatic imine (C=N–C) groups is 1. The Morgan fingerprint density at radius 2 is 1.77 bits per heavy atom. The van der Waals surface area contributed by atoms with E-state index in [1.165, 1.54) is 23.3 Å². The first-order chi connectivity index (χ1) is 14.5. The molecular weight excluding hydrogens is 510 g/mol. The van der Waals surface area contributed by atoms with Crippen molar-refractivity contribution < 1.29 is 13.9 Å². The Labute approximate surface area is 200 Å². The first-order valence-corrected chi connectivity index (χ1v) is 10.3. The maximum atomic E-state index is 13.0. The molecule has 0 saturated heterocycles. The van der Waals surface area contributed by atoms with Gasteiger partial charge >= 0.3 is 0 Å². The fourth-order valence-corrected chi connectivity index (χ4v) is 3.36. The van der Waals surface area contributed by atoms with Crippen molar-refractivity contribution in [2.45, 2.75) is 39.0 Å². The minimum absolute atomic E-state index is 0. The van der Waals surface area contributed by atoms with Gasteiger partial charge in [-0.05, 0) is 48.7 Å². The van der Waals surface area contributed by atoms with Gasteiger partial charge < -0.3 is 20.3 Å². The van der Waals surface area contributed by atoms with Crippen LogP contribution >= 0.6 is 24.0 Å². The zero-order valence-corrected chi connectivity index (χ0v) is 20.3. The lowest BCUT2D eigenvalue weighted by Gasteiger charge is -2.18. The lowest BCUT2D eigenvalue weighted by atomic mass is 10.1. The number of benzene rings is 2. The Bertz CT molecular complexity index is 851. The summed E-state index contributed by atoms with van der Waals surface area (Å²) >= 11 is 0. The van der Waals surface area contributed by atoms with Gasteiger partial charge in [-0.2, -0.15) is 0 Å². The smallest absolute Gasteiger partial charge is 0.223 e. The van der Waals surface area contributed by atoms with Gasteiger partial charge in [0, 0.05) is 33.1 Å². The predicted molar refractivity (Wildman–Crippen MR) is 131 cm³/mol. The summed E-state index contributed by atoms with van der Waals surface area (Å²) in [5.74, 6) is 1.17. The normalized spacial score (nSPS) is 13.8. The number of rotatable bonds is 8. The highest BCUT2D eigenvalue weighted by atomic mass is 127. The lowest BCUT2D eigenvalue weighted by molar-refractivity contribution is -0.131. The highest BCUT2D eigenvalue weighted by molar-refractivity contribution is 14.0. The molecule has 0 fully saturated rings. The maximum Gasteiger partial charge on any atom is 0.223 e. The average molecular weight is 540 g/mol. The van der Waals surface area contributed by atoms with Crippen LogP contribution in [0.5, 0.6) is 5.75 Å². The zero-order valence-electron chi connectivity index (χ0n) is 17.9. The van der Waals surface area contributed by atoms with Gasteiger partial charge in [-0.25, -0.2) is 4.39 Å². The van der Waals surface area contributed by atoms with Gasteiger partial charge in [0.15, 0.2) is 5.96 Å². The minimum Gasteiger partial charge on any atom is -0.489 e. The molecule has 0 spiro atoms. The molecular formula is C23H30FIN4O2. The van der Waals surface area contributed by atoms with Crippen molar-refractivity contribution in [2.24, 2.45) is 4.99 Å². The van der Waals surface area contributed by atoms with Crippen LogP contribution in [-0.4, -0.2) is 43.0 Å². The fourth-order valence-electron chi connectivity index (χ4n) is 3.36. The second-order valence-electron chi connectivity index (χ2n) is 7.38. The summed E-state index contributed by atoms with van der Waals surface area (Å²) in [7, 11) is 1.70. The van der Waals surface area contributed by atoms with Crippen LogP contribution in [0.15, 0.2) is 53.5 Å². The number of nitrogens with zero attached hydrogens (tertiary/aromatic N) is 2. The van der Waals surface area contributed by atoms with Crippen LogP contribution in [0.3, 0.4) is 0 Å². The number of ether oxygens (including phenoxy) is 1. The number of fused-ring (bicyclic) bond motifs is 1. The molecule has 6 nitrogen and oxygen atoms in total. The van der Waals surface area contributed by atoms with Crippen molar-refractivity contribution in [3.8, 4) is 5.75 Å². The summed E-state index contributed by atoms with van der Waals surface area (Å²) in [6, 6.07) is 14.2. The van der Waals surface area contributed by atoms with Crippen molar-refractivity contribution in [3.63, 3.8) is 0 Å². The van der Waals surface area contributed by atoms with E-state index in [1.807, 2.05) is 24.0 Å². The molecule has 3 rings (SSSR count). The number of nitrogens with one attached hydrogen (secondary N) is 2. The third kappa shape index (κ3) is 7.68. The molecule has 0 bridgehead atoms. The summed E-state index contributed by atoms with van der Waals surface area (Å²) in [4.78, 5) is 18.6. The topological polar surface area (TPSA) is 66.0 Å². The molecule has 0 radical (unpaired) electrons. The van der Waals surface area contributed by atoms with Gasteiger partial charge in [0.2, 0.25) is 5.91 Å². The van der Waals surface area contributed by atoms with Crippen LogP contribution < -0.4 is 15.4 Å². The van der Waals surface area contributed by atoms with Crippen LogP contribution in [0.1, 0.15) is 30.9 Å². The molecule has 1 atom stereocenters. The highest BCUT2D eigenvalue weighted by Gasteiger charge is 2.22. The van der Waals surface area contributed by atoms with E-state index in [-0.39, 0.29) is 41.8 Å². The summed E-state index contributed by atoms with van der Waals surface area (Å²) in [6.45, 7) is 4.53. The van der Waals surface area contributed by atoms with Crippen molar-refractivity contribution in [1.29, 1.82) is 0 Å². The van der Waals surface area contributed by atoms with Crippen molar-refractivity contribution in [2.75, 3.05) is 20.1 Å². The second kappa shape index (κ2) is 12.5. The molecule has 1 aliphatic heterocycles. The molecule has 1 unspecified atom stereocenters. The van der Waals surface area contributed by atoms with Crippen molar-refractivity contribution >= 4 is 35.8 Å². The number of carbonyl (C=O) groups excluding carboxylic acids is 1. The van der Waals surface area contributed by atoms with Crippen LogP contribution in [0.4, 0.5) is 4.39 Å². The van der Waals surface area contributed by atoms with Gasteiger partial charge in [0.25, 0.3) is 0 Å². The Morgan fingerprint density at radius 3 is 2.39 bits per heavy atom. The zero-order chi connectivity index (χ0) is 21.3. The summed E-state index contributed by atoms with van der Waals surface area (Å²) in [6.07, 6.45) is 1.11. The lowest BCUT2D eigenvalue weighted by Crippen LogP contribution is -2.42. The Hall–Kier alpha value is -2.36. The quantitative estimate of drug-likeness (QED) is 0.232. The first kappa shape index (κ1) is 24.9. The second-order valence-corrected chi connectivity index (χ2v) is 7.38. The largest absolute Gasteiger partial charge is 0.489 e. The summed E-state index contributed by atoms with van der Waals surface area (Å²) in [5, 5.41) is 6.42. The van der Waals surface area contributed by atoms with E-state index in [4.69, 9.17) is 4.74 Å². The number of guanidine groups is 1.